The Kier molecular flexibility index (Phi) is 6.68. The van der Waals surface area contributed by atoms with Crippen LogP contribution in [-0.4, -0.2) is 46.2 Å². The zero-order valence-corrected chi connectivity index (χ0v) is 16.7. The van der Waals surface area contributed by atoms with Gasteiger partial charge in [0.05, 0.1) is 20.5 Å². The minimum absolute atomic E-state index is 0.141. The van der Waals surface area contributed by atoms with Gasteiger partial charge in [0, 0.05) is 24.3 Å². The Morgan fingerprint density at radius 2 is 1.67 bits per heavy atom. The van der Waals surface area contributed by atoms with Crippen LogP contribution in [0.4, 0.5) is 5.69 Å². The first-order valence-electron chi connectivity index (χ1n) is 8.35. The third-order valence-electron chi connectivity index (χ3n) is 3.93. The van der Waals surface area contributed by atoms with E-state index in [1.54, 1.807) is 49.5 Å². The quantitative estimate of drug-likeness (QED) is 0.747. The first kappa shape index (κ1) is 20.6. The molecule has 2 aromatic carbocycles. The Morgan fingerprint density at radius 1 is 1.04 bits per heavy atom. The number of anilines is 1. The van der Waals surface area contributed by atoms with Gasteiger partial charge in [-0.1, -0.05) is 6.07 Å². The van der Waals surface area contributed by atoms with Crippen molar-refractivity contribution >= 4 is 21.6 Å². The van der Waals surface area contributed by atoms with Crippen molar-refractivity contribution in [2.45, 2.75) is 13.5 Å². The number of hydrogen-bond donors (Lipinski definition) is 1. The predicted molar refractivity (Wildman–Crippen MR) is 105 cm³/mol. The number of carbonyl (C=O) groups excluding carboxylic acids is 1. The lowest BCUT2D eigenvalue weighted by atomic mass is 10.1. The Labute approximate surface area is 160 Å². The van der Waals surface area contributed by atoms with Crippen molar-refractivity contribution in [3.05, 3.63) is 53.6 Å². The largest absolute Gasteiger partial charge is 0.493 e. The Hall–Kier alpha value is -2.74. The van der Waals surface area contributed by atoms with Crippen LogP contribution >= 0.6 is 0 Å². The molecule has 0 saturated heterocycles. The van der Waals surface area contributed by atoms with Crippen LogP contribution in [0, 0.1) is 0 Å². The van der Waals surface area contributed by atoms with Crippen molar-refractivity contribution in [2.75, 3.05) is 31.7 Å². The molecule has 8 heteroatoms. The van der Waals surface area contributed by atoms with Crippen LogP contribution in [-0.2, 0) is 16.6 Å². The molecule has 2 rings (SSSR count). The summed E-state index contributed by atoms with van der Waals surface area (Å²) in [6.45, 7) is 2.84. The molecule has 0 heterocycles. The minimum atomic E-state index is -3.35. The second-order valence-corrected chi connectivity index (χ2v) is 7.71. The summed E-state index contributed by atoms with van der Waals surface area (Å²) in [6, 6.07) is 11.9. The van der Waals surface area contributed by atoms with Gasteiger partial charge < -0.3 is 14.4 Å². The number of sulfonamides is 1. The number of rotatable bonds is 8. The van der Waals surface area contributed by atoms with Crippen molar-refractivity contribution in [1.29, 1.82) is 0 Å². The first-order valence-corrected chi connectivity index (χ1v) is 10.2. The molecule has 1 N–H and O–H groups in total. The van der Waals surface area contributed by atoms with E-state index in [9.17, 15) is 13.2 Å². The summed E-state index contributed by atoms with van der Waals surface area (Å²) in [5.74, 6) is 1.09. The molecule has 7 nitrogen and oxygen atoms in total. The third kappa shape index (κ3) is 5.62. The number of methoxy groups -OCH3 is 2. The molecule has 1 amide bonds. The number of carbonyl (C=O) groups is 1. The predicted octanol–water partition coefficient (Wildman–Crippen LogP) is 2.74. The Bertz CT molecular complexity index is 895. The van der Waals surface area contributed by atoms with E-state index < -0.39 is 10.0 Å². The zero-order valence-electron chi connectivity index (χ0n) is 15.9. The molecule has 0 bridgehead atoms. The fourth-order valence-electron chi connectivity index (χ4n) is 2.60. The molecule has 0 saturated carbocycles. The SMILES string of the molecule is CCN(Cc1ccc(OC)c(OC)c1)C(=O)c1ccc(NS(C)(=O)=O)cc1. The molecule has 27 heavy (non-hydrogen) atoms. The minimum Gasteiger partial charge on any atom is -0.493 e. The standard InChI is InChI=1S/C19H24N2O5S/c1-5-21(13-14-6-11-17(25-2)18(12-14)26-3)19(22)15-7-9-16(10-8-15)20-27(4,23)24/h6-12,20H,5,13H2,1-4H3. The van der Waals surface area contributed by atoms with Gasteiger partial charge in [-0.15, -0.1) is 0 Å². The molecule has 0 fully saturated rings. The van der Waals surface area contributed by atoms with Gasteiger partial charge in [0.25, 0.3) is 5.91 Å². The second kappa shape index (κ2) is 8.77. The van der Waals surface area contributed by atoms with Gasteiger partial charge in [-0.3, -0.25) is 9.52 Å². The summed E-state index contributed by atoms with van der Waals surface area (Å²) in [4.78, 5) is 14.5. The summed E-state index contributed by atoms with van der Waals surface area (Å²) in [5.41, 5.74) is 1.81. The lowest BCUT2D eigenvalue weighted by Crippen LogP contribution is -2.30. The van der Waals surface area contributed by atoms with Crippen LogP contribution in [0.25, 0.3) is 0 Å². The van der Waals surface area contributed by atoms with Gasteiger partial charge >= 0.3 is 0 Å². The number of benzene rings is 2. The summed E-state index contributed by atoms with van der Waals surface area (Å²) in [6.07, 6.45) is 1.08. The van der Waals surface area contributed by atoms with Crippen LogP contribution in [0.3, 0.4) is 0 Å². The molecule has 0 aliphatic rings. The van der Waals surface area contributed by atoms with Gasteiger partial charge in [0.2, 0.25) is 10.0 Å². The monoisotopic (exact) mass is 392 g/mol. The number of amides is 1. The van der Waals surface area contributed by atoms with Crippen molar-refractivity contribution < 1.29 is 22.7 Å². The first-order chi connectivity index (χ1) is 12.8. The molecule has 0 unspecified atom stereocenters. The molecule has 146 valence electrons. The summed E-state index contributed by atoms with van der Waals surface area (Å²) in [5, 5.41) is 0. The molecule has 2 aromatic rings. The molecule has 0 aliphatic heterocycles. The van der Waals surface area contributed by atoms with Gasteiger partial charge in [-0.25, -0.2) is 8.42 Å². The van der Waals surface area contributed by atoms with Gasteiger partial charge in [-0.05, 0) is 48.9 Å². The second-order valence-electron chi connectivity index (χ2n) is 5.96. The van der Waals surface area contributed by atoms with Gasteiger partial charge in [-0.2, -0.15) is 0 Å². The highest BCUT2D eigenvalue weighted by atomic mass is 32.2. The zero-order chi connectivity index (χ0) is 20.0. The highest BCUT2D eigenvalue weighted by Crippen LogP contribution is 2.28. The van der Waals surface area contributed by atoms with Crippen LogP contribution in [0.15, 0.2) is 42.5 Å². The molecule has 0 aromatic heterocycles. The summed E-state index contributed by atoms with van der Waals surface area (Å²) >= 11 is 0. The fraction of sp³-hybridized carbons (Fsp3) is 0.316. The number of nitrogens with zero attached hydrogens (tertiary/aromatic N) is 1. The lowest BCUT2D eigenvalue weighted by Gasteiger charge is -2.22. The maximum absolute atomic E-state index is 12.8. The average molecular weight is 392 g/mol. The Balaban J connectivity index is 2.16. The van der Waals surface area contributed by atoms with Crippen LogP contribution in [0.5, 0.6) is 11.5 Å². The van der Waals surface area contributed by atoms with Crippen molar-refractivity contribution in [1.82, 2.24) is 4.90 Å². The number of ether oxygens (including phenoxy) is 2. The van der Waals surface area contributed by atoms with E-state index in [-0.39, 0.29) is 5.91 Å². The normalized spacial score (nSPS) is 11.0. The smallest absolute Gasteiger partial charge is 0.254 e. The van der Waals surface area contributed by atoms with E-state index in [0.29, 0.717) is 35.8 Å². The molecular weight excluding hydrogens is 368 g/mol. The highest BCUT2D eigenvalue weighted by molar-refractivity contribution is 7.92. The van der Waals surface area contributed by atoms with Gasteiger partial charge in [0.15, 0.2) is 11.5 Å². The molecule has 0 aliphatic carbocycles. The number of hydrogen-bond acceptors (Lipinski definition) is 5. The molecule has 0 atom stereocenters. The third-order valence-corrected chi connectivity index (χ3v) is 4.53. The van der Waals surface area contributed by atoms with E-state index in [4.69, 9.17) is 9.47 Å². The van der Waals surface area contributed by atoms with E-state index >= 15 is 0 Å². The Morgan fingerprint density at radius 3 is 2.19 bits per heavy atom. The summed E-state index contributed by atoms with van der Waals surface area (Å²) in [7, 11) is -0.215. The topological polar surface area (TPSA) is 84.9 Å². The van der Waals surface area contributed by atoms with E-state index in [1.807, 2.05) is 19.1 Å². The van der Waals surface area contributed by atoms with Crippen LogP contribution < -0.4 is 14.2 Å². The molecule has 0 radical (unpaired) electrons. The highest BCUT2D eigenvalue weighted by Gasteiger charge is 2.16. The lowest BCUT2D eigenvalue weighted by molar-refractivity contribution is 0.0752. The van der Waals surface area contributed by atoms with Gasteiger partial charge in [0.1, 0.15) is 0 Å². The maximum atomic E-state index is 12.8. The summed E-state index contributed by atoms with van der Waals surface area (Å²) < 4.78 is 35.5. The average Bonchev–Trinajstić information content (AvgIpc) is 2.64. The van der Waals surface area contributed by atoms with Crippen molar-refractivity contribution in [2.24, 2.45) is 0 Å². The fourth-order valence-corrected chi connectivity index (χ4v) is 3.17. The number of nitrogens with one attached hydrogen (secondary N) is 1. The molecular formula is C19H24N2O5S. The van der Waals surface area contributed by atoms with Crippen molar-refractivity contribution in [3.8, 4) is 11.5 Å². The van der Waals surface area contributed by atoms with Crippen LogP contribution in [0.2, 0.25) is 0 Å². The van der Waals surface area contributed by atoms with E-state index in [1.165, 1.54) is 0 Å². The molecule has 0 spiro atoms. The van der Waals surface area contributed by atoms with Crippen molar-refractivity contribution in [3.63, 3.8) is 0 Å². The van der Waals surface area contributed by atoms with Crippen LogP contribution in [0.1, 0.15) is 22.8 Å². The van der Waals surface area contributed by atoms with E-state index in [0.717, 1.165) is 11.8 Å². The van der Waals surface area contributed by atoms with E-state index in [2.05, 4.69) is 4.72 Å². The maximum Gasteiger partial charge on any atom is 0.254 e.